The molecule has 0 saturated heterocycles. The topological polar surface area (TPSA) is 18.5 Å². The molecule has 1 aliphatic rings. The van der Waals surface area contributed by atoms with E-state index in [4.69, 9.17) is 8.85 Å². The first-order valence-electron chi connectivity index (χ1n) is 6.42. The molecule has 1 rings (SSSR count). The fourth-order valence-corrected chi connectivity index (χ4v) is 5.96. The smallest absolute Gasteiger partial charge is 0.341 e. The first-order chi connectivity index (χ1) is 7.14. The summed E-state index contributed by atoms with van der Waals surface area (Å²) in [6.45, 7) is 10.3. The van der Waals surface area contributed by atoms with Crippen LogP contribution in [0.2, 0.25) is 11.6 Å². The number of rotatable bonds is 7. The third-order valence-electron chi connectivity index (χ3n) is 3.45. The molecule has 0 N–H and O–H groups in total. The summed E-state index contributed by atoms with van der Waals surface area (Å²) in [4.78, 5) is 0. The highest BCUT2D eigenvalue weighted by molar-refractivity contribution is 6.68. The Morgan fingerprint density at radius 3 is 1.93 bits per heavy atom. The minimum Gasteiger partial charge on any atom is -0.394 e. The molecule has 0 atom stereocenters. The summed E-state index contributed by atoms with van der Waals surface area (Å²) in [5.74, 6) is 0.886. The Labute approximate surface area is 95.6 Å². The van der Waals surface area contributed by atoms with E-state index in [2.05, 4.69) is 27.7 Å². The molecule has 0 aromatic carbocycles. The zero-order valence-electron chi connectivity index (χ0n) is 10.7. The van der Waals surface area contributed by atoms with Gasteiger partial charge >= 0.3 is 8.56 Å². The summed E-state index contributed by atoms with van der Waals surface area (Å²) in [5, 5.41) is 0. The van der Waals surface area contributed by atoms with Crippen molar-refractivity contribution in [3.8, 4) is 0 Å². The molecule has 2 nitrogen and oxygen atoms in total. The molecule has 0 aliphatic heterocycles. The van der Waals surface area contributed by atoms with Crippen molar-refractivity contribution in [2.24, 2.45) is 5.92 Å². The van der Waals surface area contributed by atoms with Gasteiger partial charge in [0.2, 0.25) is 0 Å². The lowest BCUT2D eigenvalue weighted by molar-refractivity contribution is 0.161. The highest BCUT2D eigenvalue weighted by Crippen LogP contribution is 2.39. The van der Waals surface area contributed by atoms with Crippen LogP contribution in [0.15, 0.2) is 0 Å². The van der Waals surface area contributed by atoms with Gasteiger partial charge in [-0.05, 0) is 31.4 Å². The Morgan fingerprint density at radius 1 is 1.13 bits per heavy atom. The van der Waals surface area contributed by atoms with Crippen LogP contribution < -0.4 is 0 Å². The number of hydrogen-bond donors (Lipinski definition) is 0. The standard InChI is InChI=1S/C12H26O2Si/c1-5-13-15(11(3)4,14-6-2)10-12-8-7-9-12/h11-12H,5-10H2,1-4H3. The van der Waals surface area contributed by atoms with E-state index in [1.807, 2.05) is 0 Å². The fraction of sp³-hybridized carbons (Fsp3) is 1.00. The quantitative estimate of drug-likeness (QED) is 0.621. The lowest BCUT2D eigenvalue weighted by atomic mass is 9.87. The molecule has 15 heavy (non-hydrogen) atoms. The zero-order chi connectivity index (χ0) is 11.3. The van der Waals surface area contributed by atoms with Gasteiger partial charge in [0, 0.05) is 13.2 Å². The van der Waals surface area contributed by atoms with Gasteiger partial charge in [0.1, 0.15) is 0 Å². The Kier molecular flexibility index (Phi) is 5.30. The first-order valence-corrected chi connectivity index (χ1v) is 8.52. The molecule has 0 heterocycles. The van der Waals surface area contributed by atoms with Crippen LogP contribution in [-0.2, 0) is 8.85 Å². The van der Waals surface area contributed by atoms with Gasteiger partial charge < -0.3 is 8.85 Å². The summed E-state index contributed by atoms with van der Waals surface area (Å²) in [6.07, 6.45) is 4.19. The lowest BCUT2D eigenvalue weighted by Gasteiger charge is -2.38. The normalized spacial score (nSPS) is 18.2. The maximum Gasteiger partial charge on any atom is 0.341 e. The highest BCUT2D eigenvalue weighted by atomic mass is 28.4. The van der Waals surface area contributed by atoms with E-state index in [9.17, 15) is 0 Å². The summed E-state index contributed by atoms with van der Waals surface area (Å²) < 4.78 is 12.1. The molecule has 0 bridgehead atoms. The fourth-order valence-electron chi connectivity index (χ4n) is 2.32. The predicted octanol–water partition coefficient (Wildman–Crippen LogP) is 3.71. The molecule has 0 spiro atoms. The van der Waals surface area contributed by atoms with Crippen LogP contribution in [0, 0.1) is 5.92 Å². The molecule has 1 fully saturated rings. The van der Waals surface area contributed by atoms with Crippen LogP contribution in [0.1, 0.15) is 47.0 Å². The maximum absolute atomic E-state index is 6.05. The molecule has 0 radical (unpaired) electrons. The van der Waals surface area contributed by atoms with Crippen LogP contribution in [0.5, 0.6) is 0 Å². The van der Waals surface area contributed by atoms with Crippen LogP contribution in [-0.4, -0.2) is 21.8 Å². The molecule has 3 heteroatoms. The summed E-state index contributed by atoms with van der Waals surface area (Å²) in [7, 11) is -1.91. The van der Waals surface area contributed by atoms with E-state index in [1.54, 1.807) is 0 Å². The van der Waals surface area contributed by atoms with E-state index in [0.29, 0.717) is 5.54 Å². The zero-order valence-corrected chi connectivity index (χ0v) is 11.7. The van der Waals surface area contributed by atoms with Crippen molar-refractivity contribution in [1.29, 1.82) is 0 Å². The molecular weight excluding hydrogens is 204 g/mol. The lowest BCUT2D eigenvalue weighted by Crippen LogP contribution is -2.47. The van der Waals surface area contributed by atoms with E-state index in [1.165, 1.54) is 25.3 Å². The monoisotopic (exact) mass is 230 g/mol. The molecule has 0 aromatic rings. The number of hydrogen-bond acceptors (Lipinski definition) is 2. The average molecular weight is 230 g/mol. The average Bonchev–Trinajstić information content (AvgIpc) is 2.11. The van der Waals surface area contributed by atoms with Crippen molar-refractivity contribution in [1.82, 2.24) is 0 Å². The van der Waals surface area contributed by atoms with E-state index < -0.39 is 8.56 Å². The minimum absolute atomic E-state index is 0.568. The van der Waals surface area contributed by atoms with E-state index in [-0.39, 0.29) is 0 Å². The van der Waals surface area contributed by atoms with Crippen LogP contribution in [0.25, 0.3) is 0 Å². The van der Waals surface area contributed by atoms with Crippen LogP contribution in [0.4, 0.5) is 0 Å². The predicted molar refractivity (Wildman–Crippen MR) is 66.3 cm³/mol. The molecule has 90 valence electrons. The van der Waals surface area contributed by atoms with Gasteiger partial charge in [-0.15, -0.1) is 0 Å². The molecule has 1 saturated carbocycles. The highest BCUT2D eigenvalue weighted by Gasteiger charge is 2.43. The molecular formula is C12H26O2Si. The van der Waals surface area contributed by atoms with Gasteiger partial charge in [-0.3, -0.25) is 0 Å². The molecule has 0 aromatic heterocycles. The Hall–Kier alpha value is 0.137. The van der Waals surface area contributed by atoms with Crippen molar-refractivity contribution in [2.75, 3.05) is 13.2 Å². The van der Waals surface area contributed by atoms with Crippen molar-refractivity contribution < 1.29 is 8.85 Å². The second-order valence-corrected chi connectivity index (χ2v) is 8.60. The van der Waals surface area contributed by atoms with E-state index in [0.717, 1.165) is 19.1 Å². The molecule has 1 aliphatic carbocycles. The van der Waals surface area contributed by atoms with Crippen LogP contribution >= 0.6 is 0 Å². The van der Waals surface area contributed by atoms with Crippen molar-refractivity contribution in [3.63, 3.8) is 0 Å². The second-order valence-electron chi connectivity index (χ2n) is 4.83. The van der Waals surface area contributed by atoms with E-state index >= 15 is 0 Å². The van der Waals surface area contributed by atoms with Gasteiger partial charge in [-0.1, -0.05) is 33.1 Å². The maximum atomic E-state index is 6.05. The third-order valence-corrected chi connectivity index (χ3v) is 7.92. The van der Waals surface area contributed by atoms with Gasteiger partial charge in [0.25, 0.3) is 0 Å². The minimum atomic E-state index is -1.91. The summed E-state index contributed by atoms with van der Waals surface area (Å²) in [6, 6.07) is 1.21. The van der Waals surface area contributed by atoms with Crippen molar-refractivity contribution in [2.45, 2.75) is 58.5 Å². The largest absolute Gasteiger partial charge is 0.394 e. The first kappa shape index (κ1) is 13.2. The molecule has 0 unspecified atom stereocenters. The molecule has 0 amide bonds. The Bertz CT molecular complexity index is 172. The van der Waals surface area contributed by atoms with Crippen molar-refractivity contribution in [3.05, 3.63) is 0 Å². The Morgan fingerprint density at radius 2 is 1.67 bits per heavy atom. The third kappa shape index (κ3) is 3.30. The van der Waals surface area contributed by atoms with Gasteiger partial charge in [-0.2, -0.15) is 0 Å². The van der Waals surface area contributed by atoms with Gasteiger partial charge in [0.15, 0.2) is 0 Å². The second kappa shape index (κ2) is 6.02. The van der Waals surface area contributed by atoms with Gasteiger partial charge in [0.05, 0.1) is 0 Å². The Balaban J connectivity index is 2.60. The summed E-state index contributed by atoms with van der Waals surface area (Å²) in [5.41, 5.74) is 0.568. The summed E-state index contributed by atoms with van der Waals surface area (Å²) >= 11 is 0. The SMILES string of the molecule is CCO[Si](CC1CCC1)(OCC)C(C)C. The van der Waals surface area contributed by atoms with Crippen molar-refractivity contribution >= 4 is 8.56 Å². The van der Waals surface area contributed by atoms with Gasteiger partial charge in [-0.25, -0.2) is 0 Å². The van der Waals surface area contributed by atoms with Crippen LogP contribution in [0.3, 0.4) is 0 Å².